The Labute approximate surface area is 192 Å². The van der Waals surface area contributed by atoms with E-state index in [2.05, 4.69) is 5.32 Å². The first-order valence-corrected chi connectivity index (χ1v) is 10.9. The van der Waals surface area contributed by atoms with Gasteiger partial charge in [0.05, 0.1) is 6.61 Å². The zero-order chi connectivity index (χ0) is 22.5. The number of nitrogens with one attached hydrogen (secondary N) is 1. The highest BCUT2D eigenvalue weighted by Crippen LogP contribution is 2.28. The smallest absolute Gasteiger partial charge is 0.352 e. The summed E-state index contributed by atoms with van der Waals surface area (Å²) in [5.41, 5.74) is 4.09. The summed E-state index contributed by atoms with van der Waals surface area (Å²) < 4.78 is 7.36. The normalized spacial score (nSPS) is 11.1. The molecule has 0 aliphatic carbocycles. The molecule has 0 saturated carbocycles. The van der Waals surface area contributed by atoms with Gasteiger partial charge in [0.15, 0.2) is 0 Å². The number of hydrogen-bond acceptors (Lipinski definition) is 3. The molecule has 0 spiro atoms. The lowest BCUT2D eigenvalue weighted by molar-refractivity contribution is 0.0684. The number of nitrogens with zero attached hydrogens (tertiary/aromatic N) is 1. The molecule has 0 bridgehead atoms. The number of carbonyl (C=O) groups is 1. The summed E-state index contributed by atoms with van der Waals surface area (Å²) in [5.74, 6) is -0.0947. The van der Waals surface area contributed by atoms with Gasteiger partial charge in [-0.05, 0) is 48.4 Å². The second-order valence-corrected chi connectivity index (χ2v) is 7.98. The van der Waals surface area contributed by atoms with E-state index in [-0.39, 0.29) is 0 Å². The van der Waals surface area contributed by atoms with Crippen molar-refractivity contribution >= 4 is 28.5 Å². The molecule has 5 nitrogen and oxygen atoms in total. The van der Waals surface area contributed by atoms with Crippen LogP contribution < -0.4 is 10.1 Å². The van der Waals surface area contributed by atoms with Crippen molar-refractivity contribution in [2.75, 3.05) is 6.61 Å². The predicted molar refractivity (Wildman–Crippen MR) is 128 cm³/mol. The fourth-order valence-electron chi connectivity index (χ4n) is 3.94. The molecule has 0 aliphatic rings. The summed E-state index contributed by atoms with van der Waals surface area (Å²) in [5, 5.41) is 15.1. The van der Waals surface area contributed by atoms with Crippen molar-refractivity contribution in [2.45, 2.75) is 26.6 Å². The number of hydrogen-bond donors (Lipinski definition) is 2. The summed E-state index contributed by atoms with van der Waals surface area (Å²) in [6, 6.07) is 23.2. The van der Waals surface area contributed by atoms with E-state index in [9.17, 15) is 9.90 Å². The first-order chi connectivity index (χ1) is 15.6. The molecule has 0 saturated heterocycles. The summed E-state index contributed by atoms with van der Waals surface area (Å²) in [4.78, 5) is 12.3. The second-order valence-electron chi connectivity index (χ2n) is 7.54. The number of halogens is 1. The van der Waals surface area contributed by atoms with Crippen molar-refractivity contribution in [1.29, 1.82) is 0 Å². The lowest BCUT2D eigenvalue weighted by Crippen LogP contribution is -2.17. The minimum absolute atomic E-state index is 0.306. The van der Waals surface area contributed by atoms with Crippen LogP contribution in [-0.2, 0) is 19.6 Å². The number of benzene rings is 3. The van der Waals surface area contributed by atoms with Gasteiger partial charge in [-0.1, -0.05) is 54.1 Å². The summed E-state index contributed by atoms with van der Waals surface area (Å²) in [7, 11) is 0. The van der Waals surface area contributed by atoms with Crippen molar-refractivity contribution in [2.24, 2.45) is 0 Å². The Morgan fingerprint density at radius 1 is 0.969 bits per heavy atom. The van der Waals surface area contributed by atoms with Gasteiger partial charge in [0.2, 0.25) is 0 Å². The van der Waals surface area contributed by atoms with Crippen LogP contribution in [0.4, 0.5) is 0 Å². The maximum atomic E-state index is 12.3. The molecule has 0 fully saturated rings. The van der Waals surface area contributed by atoms with Crippen LogP contribution in [-0.4, -0.2) is 22.2 Å². The highest BCUT2D eigenvalue weighted by atomic mass is 35.5. The minimum Gasteiger partial charge on any atom is -0.494 e. The molecule has 4 aromatic rings. The Morgan fingerprint density at radius 2 is 1.66 bits per heavy atom. The molecule has 0 aliphatic heterocycles. The van der Waals surface area contributed by atoms with Gasteiger partial charge in [0, 0.05) is 41.1 Å². The maximum Gasteiger partial charge on any atom is 0.352 e. The van der Waals surface area contributed by atoms with E-state index in [1.165, 1.54) is 0 Å². The summed E-state index contributed by atoms with van der Waals surface area (Å²) >= 11 is 6.01. The fraction of sp³-hybridized carbons (Fsp3) is 0.192. The molecular formula is C26H25ClN2O3. The number of aromatic carboxylic acids is 1. The third kappa shape index (κ3) is 4.79. The Morgan fingerprint density at radius 3 is 2.34 bits per heavy atom. The van der Waals surface area contributed by atoms with E-state index in [1.807, 2.05) is 84.3 Å². The number of ether oxygens (including phenoxy) is 1. The zero-order valence-electron chi connectivity index (χ0n) is 17.8. The third-order valence-electron chi connectivity index (χ3n) is 5.40. The van der Waals surface area contributed by atoms with Gasteiger partial charge < -0.3 is 19.7 Å². The number of para-hydroxylation sites is 1. The van der Waals surface area contributed by atoms with Gasteiger partial charge in [0.1, 0.15) is 11.4 Å². The molecule has 164 valence electrons. The highest BCUT2D eigenvalue weighted by molar-refractivity contribution is 6.30. The van der Waals surface area contributed by atoms with E-state index in [1.54, 1.807) is 0 Å². The van der Waals surface area contributed by atoms with E-state index in [0.29, 0.717) is 37.0 Å². The average molecular weight is 449 g/mol. The van der Waals surface area contributed by atoms with Gasteiger partial charge in [-0.2, -0.15) is 0 Å². The van der Waals surface area contributed by atoms with Crippen LogP contribution in [0, 0.1) is 0 Å². The van der Waals surface area contributed by atoms with Gasteiger partial charge in [-0.3, -0.25) is 0 Å². The lowest BCUT2D eigenvalue weighted by atomic mass is 10.1. The van der Waals surface area contributed by atoms with Crippen LogP contribution in [0.1, 0.15) is 34.1 Å². The first kappa shape index (κ1) is 21.9. The third-order valence-corrected chi connectivity index (χ3v) is 5.65. The van der Waals surface area contributed by atoms with Crippen LogP contribution in [0.5, 0.6) is 5.75 Å². The van der Waals surface area contributed by atoms with Crippen LogP contribution in [0.25, 0.3) is 10.9 Å². The fourth-order valence-corrected chi connectivity index (χ4v) is 4.06. The Hall–Kier alpha value is -3.28. The topological polar surface area (TPSA) is 63.5 Å². The van der Waals surface area contributed by atoms with E-state index in [4.69, 9.17) is 16.3 Å². The van der Waals surface area contributed by atoms with E-state index >= 15 is 0 Å². The molecule has 0 amide bonds. The number of aromatic nitrogens is 1. The standard InChI is InChI=1S/C26H25ClN2O3/c1-2-32-21-13-9-18(10-14-21)15-28-16-23-22-5-3-4-6-24(22)29(25(23)26(30)31)17-19-7-11-20(27)12-8-19/h3-14,28H,2,15-17H2,1H3,(H,30,31). The quantitative estimate of drug-likeness (QED) is 0.343. The zero-order valence-corrected chi connectivity index (χ0v) is 18.6. The minimum atomic E-state index is -0.937. The predicted octanol–water partition coefficient (Wildman–Crippen LogP) is 5.73. The van der Waals surface area contributed by atoms with Gasteiger partial charge in [0.25, 0.3) is 0 Å². The van der Waals surface area contributed by atoms with Crippen molar-refractivity contribution in [3.63, 3.8) is 0 Å². The maximum absolute atomic E-state index is 12.3. The van der Waals surface area contributed by atoms with E-state index < -0.39 is 5.97 Å². The van der Waals surface area contributed by atoms with Gasteiger partial charge in [-0.15, -0.1) is 0 Å². The molecule has 0 unspecified atom stereocenters. The van der Waals surface area contributed by atoms with Gasteiger partial charge in [-0.25, -0.2) is 4.79 Å². The number of rotatable bonds is 9. The first-order valence-electron chi connectivity index (χ1n) is 10.6. The number of carboxylic acids is 1. The second kappa shape index (κ2) is 9.90. The number of fused-ring (bicyclic) bond motifs is 1. The van der Waals surface area contributed by atoms with E-state index in [0.717, 1.165) is 33.3 Å². The molecule has 3 aromatic carbocycles. The molecular weight excluding hydrogens is 424 g/mol. The molecule has 6 heteroatoms. The molecule has 32 heavy (non-hydrogen) atoms. The van der Waals surface area contributed by atoms with Crippen molar-refractivity contribution < 1.29 is 14.6 Å². The summed E-state index contributed by atoms with van der Waals surface area (Å²) in [6.07, 6.45) is 0. The summed E-state index contributed by atoms with van der Waals surface area (Å²) in [6.45, 7) is 4.12. The average Bonchev–Trinajstić information content (AvgIpc) is 3.10. The molecule has 1 heterocycles. The lowest BCUT2D eigenvalue weighted by Gasteiger charge is -2.10. The largest absolute Gasteiger partial charge is 0.494 e. The van der Waals surface area contributed by atoms with Crippen LogP contribution >= 0.6 is 11.6 Å². The van der Waals surface area contributed by atoms with Crippen molar-refractivity contribution in [1.82, 2.24) is 9.88 Å². The van der Waals surface area contributed by atoms with Crippen LogP contribution in [0.15, 0.2) is 72.8 Å². The molecule has 0 radical (unpaired) electrons. The Bertz CT molecular complexity index is 1210. The molecule has 1 aromatic heterocycles. The van der Waals surface area contributed by atoms with Crippen molar-refractivity contribution in [3.8, 4) is 5.75 Å². The number of carboxylic acid groups (broad SMARTS) is 1. The Balaban J connectivity index is 1.61. The molecule has 0 atom stereocenters. The highest BCUT2D eigenvalue weighted by Gasteiger charge is 2.22. The molecule has 2 N–H and O–H groups in total. The van der Waals surface area contributed by atoms with Gasteiger partial charge >= 0.3 is 5.97 Å². The SMILES string of the molecule is CCOc1ccc(CNCc2c(C(=O)O)n(Cc3ccc(Cl)cc3)c3ccccc23)cc1. The van der Waals surface area contributed by atoms with Crippen molar-refractivity contribution in [3.05, 3.63) is 100 Å². The monoisotopic (exact) mass is 448 g/mol. The van der Waals surface area contributed by atoms with Crippen LogP contribution in [0.2, 0.25) is 5.02 Å². The van der Waals surface area contributed by atoms with Crippen LogP contribution in [0.3, 0.4) is 0 Å². The Kier molecular flexibility index (Phi) is 6.78. The molecule has 4 rings (SSSR count).